The SMILES string of the molecule is CCCC(=O)NCCCc1nc2ccccc2n1CC(=O)c1ccccc1. The van der Waals surface area contributed by atoms with Gasteiger partial charge in [-0.3, -0.25) is 9.59 Å². The van der Waals surface area contributed by atoms with Gasteiger partial charge in [0.25, 0.3) is 0 Å². The summed E-state index contributed by atoms with van der Waals surface area (Å²) in [6, 6.07) is 17.2. The van der Waals surface area contributed by atoms with Crippen LogP contribution in [0.3, 0.4) is 0 Å². The van der Waals surface area contributed by atoms with Crippen LogP contribution >= 0.6 is 0 Å². The van der Waals surface area contributed by atoms with Gasteiger partial charge < -0.3 is 9.88 Å². The molecule has 27 heavy (non-hydrogen) atoms. The van der Waals surface area contributed by atoms with E-state index in [4.69, 9.17) is 4.98 Å². The third kappa shape index (κ3) is 4.82. The van der Waals surface area contributed by atoms with Crippen LogP contribution in [0.4, 0.5) is 0 Å². The number of carbonyl (C=O) groups is 2. The molecule has 0 unspecified atom stereocenters. The van der Waals surface area contributed by atoms with Crippen LogP contribution in [0.2, 0.25) is 0 Å². The second-order valence-electron chi connectivity index (χ2n) is 6.60. The van der Waals surface area contributed by atoms with Crippen molar-refractivity contribution in [1.82, 2.24) is 14.9 Å². The molecular formula is C22H25N3O2. The van der Waals surface area contributed by atoms with E-state index in [1.807, 2.05) is 66.1 Å². The molecular weight excluding hydrogens is 338 g/mol. The molecule has 140 valence electrons. The second-order valence-corrected chi connectivity index (χ2v) is 6.60. The summed E-state index contributed by atoms with van der Waals surface area (Å²) in [4.78, 5) is 29.0. The number of aryl methyl sites for hydroxylation is 1. The molecule has 0 radical (unpaired) electrons. The van der Waals surface area contributed by atoms with Crippen molar-refractivity contribution in [2.24, 2.45) is 0 Å². The molecule has 0 bridgehead atoms. The minimum atomic E-state index is 0.0660. The van der Waals surface area contributed by atoms with Gasteiger partial charge in [0.15, 0.2) is 5.78 Å². The standard InChI is InChI=1S/C22H25N3O2/c1-2-9-22(27)23-15-8-14-21-24-18-12-6-7-13-19(18)25(21)16-20(26)17-10-4-3-5-11-17/h3-7,10-13H,2,8-9,14-16H2,1H3,(H,23,27). The number of hydrogen-bond donors (Lipinski definition) is 1. The maximum Gasteiger partial charge on any atom is 0.219 e. The molecule has 2 aromatic carbocycles. The van der Waals surface area contributed by atoms with Gasteiger partial charge >= 0.3 is 0 Å². The largest absolute Gasteiger partial charge is 0.356 e. The third-order valence-electron chi connectivity index (χ3n) is 4.51. The number of Topliss-reactive ketones (excluding diaryl/α,β-unsaturated/α-hetero) is 1. The third-order valence-corrected chi connectivity index (χ3v) is 4.51. The molecule has 0 aliphatic rings. The van der Waals surface area contributed by atoms with Gasteiger partial charge in [-0.15, -0.1) is 0 Å². The topological polar surface area (TPSA) is 64.0 Å². The number of rotatable bonds is 9. The fraction of sp³-hybridized carbons (Fsp3) is 0.318. The van der Waals surface area contributed by atoms with Crippen molar-refractivity contribution in [2.45, 2.75) is 39.2 Å². The molecule has 0 aliphatic carbocycles. The van der Waals surface area contributed by atoms with Crippen molar-refractivity contribution in [3.8, 4) is 0 Å². The molecule has 5 nitrogen and oxygen atoms in total. The van der Waals surface area contributed by atoms with E-state index in [1.165, 1.54) is 0 Å². The molecule has 5 heteroatoms. The lowest BCUT2D eigenvalue weighted by Crippen LogP contribution is -2.24. The second kappa shape index (κ2) is 9.12. The van der Waals surface area contributed by atoms with Gasteiger partial charge in [-0.25, -0.2) is 4.98 Å². The highest BCUT2D eigenvalue weighted by atomic mass is 16.1. The van der Waals surface area contributed by atoms with Gasteiger partial charge in [-0.2, -0.15) is 0 Å². The van der Waals surface area contributed by atoms with Crippen molar-refractivity contribution < 1.29 is 9.59 Å². The molecule has 1 aromatic heterocycles. The molecule has 1 N–H and O–H groups in total. The number of ketones is 1. The number of benzene rings is 2. The number of nitrogens with zero attached hydrogens (tertiary/aromatic N) is 2. The zero-order valence-corrected chi connectivity index (χ0v) is 15.6. The average Bonchev–Trinajstić information content (AvgIpc) is 3.03. The Balaban J connectivity index is 1.74. The van der Waals surface area contributed by atoms with Crippen molar-refractivity contribution in [2.75, 3.05) is 6.54 Å². The van der Waals surface area contributed by atoms with E-state index < -0.39 is 0 Å². The molecule has 0 saturated heterocycles. The van der Waals surface area contributed by atoms with Gasteiger partial charge in [0.05, 0.1) is 17.6 Å². The Morgan fingerprint density at radius 1 is 1.04 bits per heavy atom. The van der Waals surface area contributed by atoms with E-state index in [0.29, 0.717) is 24.9 Å². The van der Waals surface area contributed by atoms with E-state index in [-0.39, 0.29) is 18.2 Å². The van der Waals surface area contributed by atoms with Gasteiger partial charge in [0.1, 0.15) is 5.82 Å². The summed E-state index contributed by atoms with van der Waals surface area (Å²) in [5, 5.41) is 2.93. The van der Waals surface area contributed by atoms with E-state index in [2.05, 4.69) is 5.32 Å². The van der Waals surface area contributed by atoms with Gasteiger partial charge in [0, 0.05) is 24.9 Å². The smallest absolute Gasteiger partial charge is 0.219 e. The van der Waals surface area contributed by atoms with Crippen LogP contribution in [0, 0.1) is 0 Å². The lowest BCUT2D eigenvalue weighted by atomic mass is 10.1. The fourth-order valence-electron chi connectivity index (χ4n) is 3.14. The van der Waals surface area contributed by atoms with E-state index in [1.54, 1.807) is 0 Å². The highest BCUT2D eigenvalue weighted by Gasteiger charge is 2.14. The van der Waals surface area contributed by atoms with Crippen LogP contribution < -0.4 is 5.32 Å². The first-order chi connectivity index (χ1) is 13.2. The van der Waals surface area contributed by atoms with Gasteiger partial charge in [0.2, 0.25) is 5.91 Å². The summed E-state index contributed by atoms with van der Waals surface area (Å²) in [6.45, 7) is 2.88. The number of nitrogens with one attached hydrogen (secondary N) is 1. The minimum absolute atomic E-state index is 0.0660. The molecule has 1 amide bonds. The first-order valence-corrected chi connectivity index (χ1v) is 9.48. The molecule has 0 saturated carbocycles. The lowest BCUT2D eigenvalue weighted by molar-refractivity contribution is -0.121. The van der Waals surface area contributed by atoms with Crippen molar-refractivity contribution in [3.63, 3.8) is 0 Å². The Hall–Kier alpha value is -2.95. The number of amides is 1. The highest BCUT2D eigenvalue weighted by molar-refractivity contribution is 5.96. The lowest BCUT2D eigenvalue weighted by Gasteiger charge is -2.09. The Morgan fingerprint density at radius 3 is 2.56 bits per heavy atom. The van der Waals surface area contributed by atoms with Crippen LogP contribution in [-0.2, 0) is 17.8 Å². The van der Waals surface area contributed by atoms with Crippen molar-refractivity contribution in [3.05, 3.63) is 66.0 Å². The number of para-hydroxylation sites is 2. The van der Waals surface area contributed by atoms with Crippen LogP contribution in [-0.4, -0.2) is 27.8 Å². The Labute approximate surface area is 159 Å². The zero-order valence-electron chi connectivity index (χ0n) is 15.6. The molecule has 3 aromatic rings. The summed E-state index contributed by atoms with van der Waals surface area (Å²) in [7, 11) is 0. The number of aromatic nitrogens is 2. The Kier molecular flexibility index (Phi) is 6.36. The number of carbonyl (C=O) groups excluding carboxylic acids is 2. The van der Waals surface area contributed by atoms with Crippen molar-refractivity contribution in [1.29, 1.82) is 0 Å². The summed E-state index contributed by atoms with van der Waals surface area (Å²) >= 11 is 0. The summed E-state index contributed by atoms with van der Waals surface area (Å²) in [6.07, 6.45) is 2.91. The van der Waals surface area contributed by atoms with Gasteiger partial charge in [-0.1, -0.05) is 49.4 Å². The molecule has 0 aliphatic heterocycles. The highest BCUT2D eigenvalue weighted by Crippen LogP contribution is 2.18. The summed E-state index contributed by atoms with van der Waals surface area (Å²) in [5.74, 6) is 1.03. The molecule has 0 atom stereocenters. The van der Waals surface area contributed by atoms with Crippen LogP contribution in [0.1, 0.15) is 42.4 Å². The first-order valence-electron chi connectivity index (χ1n) is 9.48. The van der Waals surface area contributed by atoms with Crippen LogP contribution in [0.25, 0.3) is 11.0 Å². The van der Waals surface area contributed by atoms with Crippen molar-refractivity contribution >= 4 is 22.7 Å². The predicted octanol–water partition coefficient (Wildman–Crippen LogP) is 3.77. The van der Waals surface area contributed by atoms with E-state index >= 15 is 0 Å². The van der Waals surface area contributed by atoms with E-state index in [0.717, 1.165) is 29.7 Å². The Morgan fingerprint density at radius 2 is 1.78 bits per heavy atom. The number of imidazole rings is 1. The van der Waals surface area contributed by atoms with Crippen LogP contribution in [0.5, 0.6) is 0 Å². The average molecular weight is 363 g/mol. The molecule has 3 rings (SSSR count). The summed E-state index contributed by atoms with van der Waals surface area (Å²) < 4.78 is 2.00. The fourth-order valence-corrected chi connectivity index (χ4v) is 3.14. The quantitative estimate of drug-likeness (QED) is 0.465. The van der Waals surface area contributed by atoms with Crippen LogP contribution in [0.15, 0.2) is 54.6 Å². The molecule has 1 heterocycles. The monoisotopic (exact) mass is 363 g/mol. The van der Waals surface area contributed by atoms with E-state index in [9.17, 15) is 9.59 Å². The number of hydrogen-bond acceptors (Lipinski definition) is 3. The minimum Gasteiger partial charge on any atom is -0.356 e. The predicted molar refractivity (Wildman–Crippen MR) is 107 cm³/mol. The first kappa shape index (κ1) is 18.8. The maximum atomic E-state index is 12.7. The maximum absolute atomic E-state index is 12.7. The molecule has 0 fully saturated rings. The number of fused-ring (bicyclic) bond motifs is 1. The summed E-state index contributed by atoms with van der Waals surface area (Å²) in [5.41, 5.74) is 2.56. The molecule has 0 spiro atoms. The normalized spacial score (nSPS) is 10.9. The van der Waals surface area contributed by atoms with Gasteiger partial charge in [-0.05, 0) is 25.0 Å². The zero-order chi connectivity index (χ0) is 19.1. The Bertz CT molecular complexity index is 916.